The van der Waals surface area contributed by atoms with Crippen molar-refractivity contribution in [3.8, 4) is 11.5 Å². The number of carbonyl (C=O) groups is 1. The molecule has 146 valence electrons. The number of carbonyl (C=O) groups excluding carboxylic acids is 1. The molecule has 0 atom stereocenters. The maximum absolute atomic E-state index is 13.4. The fourth-order valence-corrected chi connectivity index (χ4v) is 2.56. The Labute approximate surface area is 154 Å². The van der Waals surface area contributed by atoms with Gasteiger partial charge in [-0.3, -0.25) is 4.79 Å². The van der Waals surface area contributed by atoms with Crippen molar-refractivity contribution < 1.29 is 40.0 Å². The Morgan fingerprint density at radius 2 is 1.74 bits per heavy atom. The average molecular weight is 404 g/mol. The zero-order valence-electron chi connectivity index (χ0n) is 14.0. The first-order valence-corrected chi connectivity index (χ1v) is 8.60. The fraction of sp³-hybridized carbons (Fsp3) is 0.235. The molecule has 27 heavy (non-hydrogen) atoms. The second kappa shape index (κ2) is 8.76. The molecule has 0 spiro atoms. The quantitative estimate of drug-likeness (QED) is 0.565. The van der Waals surface area contributed by atoms with Crippen LogP contribution in [0.3, 0.4) is 0 Å². The van der Waals surface area contributed by atoms with E-state index in [1.165, 1.54) is 0 Å². The first kappa shape index (κ1) is 20.6. The molecule has 0 aliphatic rings. The summed E-state index contributed by atoms with van der Waals surface area (Å²) in [7, 11) is -2.53. The second-order valence-electron chi connectivity index (χ2n) is 5.31. The Morgan fingerprint density at radius 1 is 1.07 bits per heavy atom. The van der Waals surface area contributed by atoms with Gasteiger partial charge in [-0.25, -0.2) is 0 Å². The van der Waals surface area contributed by atoms with Gasteiger partial charge in [-0.05, 0) is 23.3 Å². The lowest BCUT2D eigenvalue weighted by Crippen LogP contribution is -2.13. The number of rotatable bonds is 7. The lowest BCUT2D eigenvalue weighted by atomic mass is 10.1. The number of esters is 1. The van der Waals surface area contributed by atoms with Gasteiger partial charge in [-0.15, -0.1) is 0 Å². The summed E-state index contributed by atoms with van der Waals surface area (Å²) in [4.78, 5) is 11.4. The summed E-state index contributed by atoms with van der Waals surface area (Å²) < 4.78 is 76.2. The first-order valence-electron chi connectivity index (χ1n) is 7.50. The van der Waals surface area contributed by atoms with Crippen LogP contribution in [0.2, 0.25) is 0 Å². The monoisotopic (exact) mass is 404 g/mol. The van der Waals surface area contributed by atoms with Crippen molar-refractivity contribution in [3.05, 3.63) is 59.2 Å². The number of ether oxygens (including phenoxy) is 2. The predicted molar refractivity (Wildman–Crippen MR) is 88.9 cm³/mol. The van der Waals surface area contributed by atoms with E-state index in [9.17, 15) is 26.4 Å². The van der Waals surface area contributed by atoms with Crippen LogP contribution < -0.4 is 8.92 Å². The lowest BCUT2D eigenvalue weighted by molar-refractivity contribution is -0.141. The summed E-state index contributed by atoms with van der Waals surface area (Å²) in [5, 5.41) is 0. The number of halogens is 3. The molecule has 2 aromatic rings. The van der Waals surface area contributed by atoms with E-state index < -0.39 is 46.6 Å². The summed E-state index contributed by atoms with van der Waals surface area (Å²) in [5.74, 6) is -2.20. The first-order chi connectivity index (χ1) is 12.7. The highest BCUT2D eigenvalue weighted by molar-refractivity contribution is 7.67. The van der Waals surface area contributed by atoms with Crippen molar-refractivity contribution in [2.75, 3.05) is 7.11 Å². The van der Waals surface area contributed by atoms with Crippen molar-refractivity contribution >= 4 is 17.0 Å². The molecule has 0 aromatic heterocycles. The van der Waals surface area contributed by atoms with E-state index in [-0.39, 0.29) is 12.2 Å². The molecule has 6 nitrogen and oxygen atoms in total. The minimum atomic E-state index is -4.93. The molecular weight excluding hydrogens is 389 g/mol. The van der Waals surface area contributed by atoms with Crippen LogP contribution in [0.25, 0.3) is 0 Å². The molecule has 0 unspecified atom stereocenters. The summed E-state index contributed by atoms with van der Waals surface area (Å²) >= 11 is 0. The van der Waals surface area contributed by atoms with Crippen molar-refractivity contribution in [3.63, 3.8) is 0 Å². The van der Waals surface area contributed by atoms with Gasteiger partial charge < -0.3 is 13.7 Å². The molecule has 0 aliphatic carbocycles. The Morgan fingerprint density at radius 3 is 2.30 bits per heavy atom. The number of alkyl halides is 3. The maximum Gasteiger partial charge on any atom is 0.420 e. The van der Waals surface area contributed by atoms with E-state index in [0.29, 0.717) is 11.6 Å². The number of benzene rings is 2. The molecule has 0 amide bonds. The maximum atomic E-state index is 13.4. The topological polar surface area (TPSA) is 78.9 Å². The van der Waals surface area contributed by atoms with Gasteiger partial charge in [0.25, 0.3) is 11.0 Å². The summed E-state index contributed by atoms with van der Waals surface area (Å²) in [6, 6.07) is 10.3. The molecule has 0 radical (unpaired) electrons. The van der Waals surface area contributed by atoms with Gasteiger partial charge in [0.2, 0.25) is 0 Å². The Bertz CT molecular complexity index is 870. The number of methoxy groups -OCH3 is 1. The zero-order valence-corrected chi connectivity index (χ0v) is 14.9. The number of thiol groups is 1. The highest BCUT2D eigenvalue weighted by Gasteiger charge is 2.37. The third kappa shape index (κ3) is 5.88. The van der Waals surface area contributed by atoms with Crippen molar-refractivity contribution in [1.82, 2.24) is 0 Å². The van der Waals surface area contributed by atoms with E-state index >= 15 is 0 Å². The Hall–Kier alpha value is -2.75. The SMILES string of the molecule is COC(=O)Cc1cc(OCc2ccccc2)c(O[SH](=O)=O)c(C(F)(F)F)c1. The fourth-order valence-electron chi connectivity index (χ4n) is 2.22. The molecule has 0 aliphatic heterocycles. The van der Waals surface area contributed by atoms with Gasteiger partial charge in [0, 0.05) is 0 Å². The van der Waals surface area contributed by atoms with Crippen LogP contribution in [0.15, 0.2) is 42.5 Å². The minimum Gasteiger partial charge on any atom is -0.485 e. The molecular formula is C17H15F3O6S. The molecule has 0 fully saturated rings. The predicted octanol–water partition coefficient (Wildman–Crippen LogP) is 2.91. The molecule has 0 N–H and O–H groups in total. The second-order valence-corrected chi connectivity index (χ2v) is 5.94. The van der Waals surface area contributed by atoms with E-state index in [0.717, 1.165) is 13.2 Å². The number of hydrogen-bond donors (Lipinski definition) is 1. The Kier molecular flexibility index (Phi) is 6.67. The summed E-state index contributed by atoms with van der Waals surface area (Å²) in [6.07, 6.45) is -5.39. The van der Waals surface area contributed by atoms with Gasteiger partial charge in [-0.1, -0.05) is 30.3 Å². The average Bonchev–Trinajstić information content (AvgIpc) is 2.60. The van der Waals surface area contributed by atoms with Crippen LogP contribution in [-0.4, -0.2) is 21.5 Å². The molecule has 10 heteroatoms. The van der Waals surface area contributed by atoms with E-state index in [4.69, 9.17) is 4.74 Å². The zero-order chi connectivity index (χ0) is 20.0. The molecule has 2 rings (SSSR count). The van der Waals surface area contributed by atoms with Crippen LogP contribution >= 0.6 is 0 Å². The van der Waals surface area contributed by atoms with Crippen LogP contribution in [-0.2, 0) is 39.7 Å². The lowest BCUT2D eigenvalue weighted by Gasteiger charge is -2.17. The molecule has 0 saturated heterocycles. The van der Waals surface area contributed by atoms with Crippen molar-refractivity contribution in [1.29, 1.82) is 0 Å². The largest absolute Gasteiger partial charge is 0.485 e. The van der Waals surface area contributed by atoms with Gasteiger partial charge in [-0.2, -0.15) is 21.6 Å². The van der Waals surface area contributed by atoms with Crippen molar-refractivity contribution in [2.24, 2.45) is 0 Å². The smallest absolute Gasteiger partial charge is 0.420 e. The van der Waals surface area contributed by atoms with E-state index in [1.54, 1.807) is 30.3 Å². The third-order valence-electron chi connectivity index (χ3n) is 3.40. The Balaban J connectivity index is 2.50. The van der Waals surface area contributed by atoms with Crippen LogP contribution in [0.5, 0.6) is 11.5 Å². The highest BCUT2D eigenvalue weighted by atomic mass is 32.2. The third-order valence-corrected chi connectivity index (χ3v) is 3.73. The molecule has 0 saturated carbocycles. The van der Waals surface area contributed by atoms with Crippen LogP contribution in [0, 0.1) is 0 Å². The van der Waals surface area contributed by atoms with Gasteiger partial charge in [0.15, 0.2) is 11.5 Å². The molecule has 2 aromatic carbocycles. The molecule has 0 heterocycles. The number of hydrogen-bond acceptors (Lipinski definition) is 6. The van der Waals surface area contributed by atoms with Crippen LogP contribution in [0.1, 0.15) is 16.7 Å². The van der Waals surface area contributed by atoms with E-state index in [1.807, 2.05) is 0 Å². The van der Waals surface area contributed by atoms with Gasteiger partial charge in [0.05, 0.1) is 13.5 Å². The highest BCUT2D eigenvalue weighted by Crippen LogP contribution is 2.43. The van der Waals surface area contributed by atoms with Gasteiger partial charge >= 0.3 is 12.1 Å². The summed E-state index contributed by atoms with van der Waals surface area (Å²) in [6.45, 7) is -0.133. The summed E-state index contributed by atoms with van der Waals surface area (Å²) in [5.41, 5.74) is -0.793. The van der Waals surface area contributed by atoms with E-state index in [2.05, 4.69) is 8.92 Å². The van der Waals surface area contributed by atoms with Crippen LogP contribution in [0.4, 0.5) is 13.2 Å². The van der Waals surface area contributed by atoms with Gasteiger partial charge in [0.1, 0.15) is 12.2 Å². The standard InChI is InChI=1S/C17H15F3O6S/c1-24-15(21)9-12-7-13(17(18,19)20)16(26-27(22)23)14(8-12)25-10-11-5-3-2-4-6-11/h2-8,27H,9-10H2,1H3. The van der Waals surface area contributed by atoms with Crippen molar-refractivity contribution in [2.45, 2.75) is 19.2 Å². The minimum absolute atomic E-state index is 0.0642. The normalized spacial score (nSPS) is 11.3. The molecule has 0 bridgehead atoms.